The first-order chi connectivity index (χ1) is 13.6. The van der Waals surface area contributed by atoms with Gasteiger partial charge in [0.05, 0.1) is 17.1 Å². The number of carbonyl (C=O) groups is 1. The maximum atomic E-state index is 11.4. The predicted molar refractivity (Wildman–Crippen MR) is 110 cm³/mol. The number of aliphatic hydroxyl groups excluding tert-OH is 1. The second-order valence-electron chi connectivity index (χ2n) is 7.25. The van der Waals surface area contributed by atoms with Crippen LogP contribution >= 0.6 is 11.6 Å². The monoisotopic (exact) mass is 401 g/mol. The van der Waals surface area contributed by atoms with Crippen LogP contribution in [-0.2, 0) is 11.2 Å². The van der Waals surface area contributed by atoms with Gasteiger partial charge in [0.15, 0.2) is 0 Å². The van der Waals surface area contributed by atoms with Crippen molar-refractivity contribution in [1.82, 2.24) is 4.90 Å². The van der Waals surface area contributed by atoms with E-state index < -0.39 is 6.10 Å². The van der Waals surface area contributed by atoms with Crippen LogP contribution in [0.3, 0.4) is 0 Å². The van der Waals surface area contributed by atoms with Gasteiger partial charge in [-0.1, -0.05) is 23.7 Å². The number of rotatable bonds is 6. The number of nitrogens with one attached hydrogen (secondary N) is 1. The quantitative estimate of drug-likeness (QED) is 0.778. The molecule has 28 heavy (non-hydrogen) atoms. The number of anilines is 2. The molecule has 0 bridgehead atoms. The molecule has 0 radical (unpaired) electrons. The van der Waals surface area contributed by atoms with Crippen LogP contribution < -0.4 is 15.0 Å². The van der Waals surface area contributed by atoms with Crippen molar-refractivity contribution < 1.29 is 14.6 Å². The lowest BCUT2D eigenvalue weighted by atomic mass is 10.1. The average Bonchev–Trinajstić information content (AvgIpc) is 3.07. The van der Waals surface area contributed by atoms with E-state index in [0.717, 1.165) is 48.1 Å². The highest BCUT2D eigenvalue weighted by molar-refractivity contribution is 6.33. The molecule has 6 nitrogen and oxygen atoms in total. The highest BCUT2D eigenvalue weighted by Gasteiger charge is 2.21. The van der Waals surface area contributed by atoms with E-state index in [1.54, 1.807) is 0 Å². The molecule has 2 N–H and O–H groups in total. The summed E-state index contributed by atoms with van der Waals surface area (Å²) in [6, 6.07) is 13.4. The zero-order valence-corrected chi connectivity index (χ0v) is 16.4. The molecule has 2 aliphatic heterocycles. The fourth-order valence-corrected chi connectivity index (χ4v) is 3.97. The predicted octanol–water partition coefficient (Wildman–Crippen LogP) is 2.40. The van der Waals surface area contributed by atoms with Gasteiger partial charge in [0.2, 0.25) is 5.91 Å². The number of hydrogen-bond donors (Lipinski definition) is 2. The van der Waals surface area contributed by atoms with Crippen molar-refractivity contribution in [1.29, 1.82) is 0 Å². The van der Waals surface area contributed by atoms with Crippen molar-refractivity contribution in [2.75, 3.05) is 49.5 Å². The van der Waals surface area contributed by atoms with Gasteiger partial charge in [0.1, 0.15) is 18.5 Å². The minimum absolute atomic E-state index is 0.00289. The number of nitrogens with zero attached hydrogens (tertiary/aromatic N) is 2. The molecule has 1 amide bonds. The topological polar surface area (TPSA) is 65.0 Å². The number of amides is 1. The van der Waals surface area contributed by atoms with Gasteiger partial charge in [0.25, 0.3) is 0 Å². The summed E-state index contributed by atoms with van der Waals surface area (Å²) >= 11 is 6.29. The number of para-hydroxylation sites is 1. The number of hydrogen-bond acceptors (Lipinski definition) is 5. The molecule has 0 unspecified atom stereocenters. The van der Waals surface area contributed by atoms with E-state index in [9.17, 15) is 9.90 Å². The Morgan fingerprint density at radius 3 is 2.71 bits per heavy atom. The van der Waals surface area contributed by atoms with E-state index >= 15 is 0 Å². The van der Waals surface area contributed by atoms with Gasteiger partial charge in [-0.2, -0.15) is 0 Å². The first-order valence-electron chi connectivity index (χ1n) is 9.54. The molecule has 0 saturated carbocycles. The first kappa shape index (κ1) is 19.1. The van der Waals surface area contributed by atoms with E-state index in [2.05, 4.69) is 15.1 Å². The van der Waals surface area contributed by atoms with Crippen molar-refractivity contribution in [3.05, 3.63) is 53.1 Å². The van der Waals surface area contributed by atoms with Crippen LogP contribution in [0.25, 0.3) is 0 Å². The van der Waals surface area contributed by atoms with E-state index in [0.29, 0.717) is 18.7 Å². The SMILES string of the molecule is O=C1Cc2cc(OC[C@@H](O)CN3CCN(c4ccccc4Cl)CC3)ccc2N1. The molecule has 1 saturated heterocycles. The lowest BCUT2D eigenvalue weighted by Crippen LogP contribution is -2.49. The average molecular weight is 402 g/mol. The molecule has 1 fully saturated rings. The number of carbonyl (C=O) groups excluding carboxylic acids is 1. The third-order valence-electron chi connectivity index (χ3n) is 5.18. The zero-order valence-electron chi connectivity index (χ0n) is 15.6. The van der Waals surface area contributed by atoms with Crippen LogP contribution in [-0.4, -0.2) is 61.3 Å². The van der Waals surface area contributed by atoms with E-state index in [1.165, 1.54) is 0 Å². The highest BCUT2D eigenvalue weighted by atomic mass is 35.5. The second kappa shape index (κ2) is 8.39. The number of benzene rings is 2. The highest BCUT2D eigenvalue weighted by Crippen LogP contribution is 2.28. The molecular weight excluding hydrogens is 378 g/mol. The van der Waals surface area contributed by atoms with Crippen LogP contribution in [0.2, 0.25) is 5.02 Å². The normalized spacial score (nSPS) is 17.9. The number of aliphatic hydroxyl groups is 1. The van der Waals surface area contributed by atoms with Crippen LogP contribution in [0.4, 0.5) is 11.4 Å². The molecule has 2 heterocycles. The number of β-amino-alcohol motifs (C(OH)–C–C–N with tert-alkyl or cyclic N) is 1. The summed E-state index contributed by atoms with van der Waals surface area (Å²) in [4.78, 5) is 15.9. The molecule has 0 aromatic heterocycles. The number of ether oxygens (including phenoxy) is 1. The molecule has 0 spiro atoms. The van der Waals surface area contributed by atoms with Gasteiger partial charge in [0, 0.05) is 38.4 Å². The van der Waals surface area contributed by atoms with Crippen molar-refractivity contribution in [3.63, 3.8) is 0 Å². The van der Waals surface area contributed by atoms with Crippen molar-refractivity contribution in [2.45, 2.75) is 12.5 Å². The van der Waals surface area contributed by atoms with Gasteiger partial charge < -0.3 is 20.1 Å². The molecule has 0 aliphatic carbocycles. The van der Waals surface area contributed by atoms with E-state index in [4.69, 9.17) is 16.3 Å². The lowest BCUT2D eigenvalue weighted by Gasteiger charge is -2.37. The summed E-state index contributed by atoms with van der Waals surface area (Å²) in [6.45, 7) is 4.29. The Kier molecular flexibility index (Phi) is 5.71. The van der Waals surface area contributed by atoms with Gasteiger partial charge >= 0.3 is 0 Å². The maximum absolute atomic E-state index is 11.4. The molecule has 2 aromatic rings. The van der Waals surface area contributed by atoms with Crippen LogP contribution in [0.1, 0.15) is 5.56 Å². The standard InChI is InChI=1S/C21H24ClN3O3/c22-18-3-1-2-4-20(18)25-9-7-24(8-10-25)13-16(26)14-28-17-5-6-19-15(11-17)12-21(27)23-19/h1-6,11,16,26H,7-10,12-14H2,(H,23,27)/t16-/m0/s1. The third kappa shape index (κ3) is 4.41. The Bertz CT molecular complexity index is 853. The maximum Gasteiger partial charge on any atom is 0.228 e. The van der Waals surface area contributed by atoms with Crippen LogP contribution in [0.15, 0.2) is 42.5 Å². The van der Waals surface area contributed by atoms with Crippen LogP contribution in [0, 0.1) is 0 Å². The van der Waals surface area contributed by atoms with Crippen LogP contribution in [0.5, 0.6) is 5.75 Å². The van der Waals surface area contributed by atoms with Gasteiger partial charge in [-0.25, -0.2) is 0 Å². The molecular formula is C21H24ClN3O3. The number of piperazine rings is 1. The summed E-state index contributed by atoms with van der Waals surface area (Å²) < 4.78 is 5.73. The fraction of sp³-hybridized carbons (Fsp3) is 0.381. The first-order valence-corrected chi connectivity index (χ1v) is 9.92. The summed E-state index contributed by atoms with van der Waals surface area (Å²) in [5.41, 5.74) is 2.85. The number of fused-ring (bicyclic) bond motifs is 1. The van der Waals surface area contributed by atoms with Gasteiger partial charge in [-0.3, -0.25) is 9.69 Å². The van der Waals surface area contributed by atoms with Gasteiger partial charge in [-0.15, -0.1) is 0 Å². The summed E-state index contributed by atoms with van der Waals surface area (Å²) in [5, 5.41) is 13.9. The Hall–Kier alpha value is -2.28. The molecule has 1 atom stereocenters. The minimum Gasteiger partial charge on any atom is -0.491 e. The molecule has 7 heteroatoms. The minimum atomic E-state index is -0.570. The van der Waals surface area contributed by atoms with Crippen molar-refractivity contribution >= 4 is 28.9 Å². The number of halogens is 1. The van der Waals surface area contributed by atoms with E-state index in [-0.39, 0.29) is 12.5 Å². The molecule has 148 valence electrons. The smallest absolute Gasteiger partial charge is 0.228 e. The molecule has 2 aromatic carbocycles. The summed E-state index contributed by atoms with van der Waals surface area (Å²) in [7, 11) is 0. The Morgan fingerprint density at radius 2 is 1.93 bits per heavy atom. The zero-order chi connectivity index (χ0) is 19.5. The fourth-order valence-electron chi connectivity index (χ4n) is 3.72. The van der Waals surface area contributed by atoms with Gasteiger partial charge in [-0.05, 0) is 35.9 Å². The summed E-state index contributed by atoms with van der Waals surface area (Å²) in [5.74, 6) is 0.681. The second-order valence-corrected chi connectivity index (χ2v) is 7.66. The van der Waals surface area contributed by atoms with Crippen molar-refractivity contribution in [2.24, 2.45) is 0 Å². The lowest BCUT2D eigenvalue weighted by molar-refractivity contribution is -0.115. The molecule has 2 aliphatic rings. The molecule has 4 rings (SSSR count). The third-order valence-corrected chi connectivity index (χ3v) is 5.50. The summed E-state index contributed by atoms with van der Waals surface area (Å²) in [6.07, 6.45) is -0.190. The Labute approximate surface area is 169 Å². The Morgan fingerprint density at radius 1 is 1.14 bits per heavy atom. The Balaban J connectivity index is 1.23. The van der Waals surface area contributed by atoms with E-state index in [1.807, 2.05) is 42.5 Å². The van der Waals surface area contributed by atoms with Crippen molar-refractivity contribution in [3.8, 4) is 5.75 Å². The largest absolute Gasteiger partial charge is 0.491 e.